The first-order valence-corrected chi connectivity index (χ1v) is 10.9. The normalized spacial score (nSPS) is 25.6. The van der Waals surface area contributed by atoms with E-state index in [4.69, 9.17) is 5.73 Å². The van der Waals surface area contributed by atoms with Crippen LogP contribution in [-0.4, -0.2) is 29.9 Å². The van der Waals surface area contributed by atoms with E-state index in [2.05, 4.69) is 36.4 Å². The quantitative estimate of drug-likeness (QED) is 0.797. The topological polar surface area (TPSA) is 46.3 Å². The Hall–Kier alpha value is -2.13. The van der Waals surface area contributed by atoms with Crippen LogP contribution in [0.25, 0.3) is 16.3 Å². The molecule has 28 heavy (non-hydrogen) atoms. The number of nitrogens with two attached hydrogens (primary N) is 1. The summed E-state index contributed by atoms with van der Waals surface area (Å²) in [5.74, 6) is 1.57. The average molecular weight is 375 g/mol. The fraction of sp³-hybridized carbons (Fsp3) is 0.480. The van der Waals surface area contributed by atoms with Crippen LogP contribution in [0.3, 0.4) is 0 Å². The number of carbonyl (C=O) groups is 1. The second-order valence-corrected chi connectivity index (χ2v) is 8.97. The number of allylic oxidation sites excluding steroid dienone is 1. The molecular formula is C25H30N2O. The second kappa shape index (κ2) is 7.04. The van der Waals surface area contributed by atoms with Crippen molar-refractivity contribution in [3.8, 4) is 0 Å². The van der Waals surface area contributed by atoms with E-state index >= 15 is 0 Å². The van der Waals surface area contributed by atoms with Crippen LogP contribution in [0.4, 0.5) is 0 Å². The van der Waals surface area contributed by atoms with Gasteiger partial charge in [0.2, 0.25) is 5.91 Å². The molecule has 146 valence electrons. The van der Waals surface area contributed by atoms with Gasteiger partial charge in [-0.1, -0.05) is 36.4 Å². The summed E-state index contributed by atoms with van der Waals surface area (Å²) in [6.45, 7) is 3.52. The van der Waals surface area contributed by atoms with Crippen LogP contribution in [-0.2, 0) is 11.2 Å². The number of carbonyl (C=O) groups excluding carboxylic acids is 1. The molecule has 1 saturated heterocycles. The number of aryl methyl sites for hydroxylation is 1. The first kappa shape index (κ1) is 17.9. The van der Waals surface area contributed by atoms with Crippen molar-refractivity contribution in [2.24, 2.45) is 17.6 Å². The Bertz CT molecular complexity index is 952. The molecule has 0 saturated carbocycles. The zero-order valence-corrected chi connectivity index (χ0v) is 16.8. The van der Waals surface area contributed by atoms with E-state index in [9.17, 15) is 4.79 Å². The lowest BCUT2D eigenvalue weighted by Crippen LogP contribution is -2.41. The lowest BCUT2D eigenvalue weighted by molar-refractivity contribution is -0.130. The van der Waals surface area contributed by atoms with Crippen LogP contribution >= 0.6 is 0 Å². The molecule has 1 fully saturated rings. The molecule has 3 heteroatoms. The van der Waals surface area contributed by atoms with Gasteiger partial charge in [-0.05, 0) is 83.4 Å². The Kier molecular flexibility index (Phi) is 4.51. The molecule has 2 unspecified atom stereocenters. The van der Waals surface area contributed by atoms with Crippen LogP contribution < -0.4 is 5.73 Å². The summed E-state index contributed by atoms with van der Waals surface area (Å²) in [7, 11) is 0. The molecule has 1 amide bonds. The van der Waals surface area contributed by atoms with Crippen LogP contribution in [0, 0.1) is 11.8 Å². The summed E-state index contributed by atoms with van der Waals surface area (Å²) in [5, 5.41) is 2.76. The summed E-state index contributed by atoms with van der Waals surface area (Å²) < 4.78 is 0. The van der Waals surface area contributed by atoms with Gasteiger partial charge in [0.1, 0.15) is 0 Å². The lowest BCUT2D eigenvalue weighted by Gasteiger charge is -2.42. The monoisotopic (exact) mass is 374 g/mol. The zero-order chi connectivity index (χ0) is 19.3. The molecule has 0 radical (unpaired) electrons. The van der Waals surface area contributed by atoms with Gasteiger partial charge in [0.15, 0.2) is 0 Å². The number of hydrogen-bond donors (Lipinski definition) is 1. The maximum Gasteiger partial charge on any atom is 0.219 e. The van der Waals surface area contributed by atoms with E-state index in [0.717, 1.165) is 45.2 Å². The first-order valence-electron chi connectivity index (χ1n) is 10.9. The highest BCUT2D eigenvalue weighted by Gasteiger charge is 2.36. The molecule has 2 aliphatic carbocycles. The molecule has 0 bridgehead atoms. The summed E-state index contributed by atoms with van der Waals surface area (Å²) in [5.41, 5.74) is 12.8. The van der Waals surface area contributed by atoms with Gasteiger partial charge >= 0.3 is 0 Å². The number of rotatable bonds is 1. The third kappa shape index (κ3) is 2.97. The third-order valence-electron chi connectivity index (χ3n) is 7.52. The number of nitrogens with zero attached hydrogens (tertiary/aromatic N) is 1. The van der Waals surface area contributed by atoms with Gasteiger partial charge in [0.25, 0.3) is 0 Å². The minimum Gasteiger partial charge on any atom is -0.343 e. The summed E-state index contributed by atoms with van der Waals surface area (Å²) in [6.07, 6.45) is 6.78. The van der Waals surface area contributed by atoms with E-state index < -0.39 is 0 Å². The average Bonchev–Trinajstić information content (AvgIpc) is 2.73. The van der Waals surface area contributed by atoms with Crippen molar-refractivity contribution in [2.75, 3.05) is 13.1 Å². The van der Waals surface area contributed by atoms with Crippen molar-refractivity contribution in [1.29, 1.82) is 0 Å². The van der Waals surface area contributed by atoms with Gasteiger partial charge in [-0.25, -0.2) is 0 Å². The third-order valence-corrected chi connectivity index (χ3v) is 7.52. The molecule has 3 aliphatic rings. The number of amides is 1. The maximum atomic E-state index is 11.7. The molecular weight excluding hydrogens is 344 g/mol. The van der Waals surface area contributed by atoms with Crippen molar-refractivity contribution < 1.29 is 4.79 Å². The molecule has 2 N–H and O–H groups in total. The van der Waals surface area contributed by atoms with Crippen molar-refractivity contribution in [1.82, 2.24) is 4.90 Å². The summed E-state index contributed by atoms with van der Waals surface area (Å²) in [6, 6.07) is 13.6. The van der Waals surface area contributed by atoms with E-state index in [-0.39, 0.29) is 11.9 Å². The maximum absolute atomic E-state index is 11.7. The molecule has 1 heterocycles. The highest BCUT2D eigenvalue weighted by molar-refractivity contribution is 5.92. The molecule has 2 aromatic rings. The van der Waals surface area contributed by atoms with Crippen LogP contribution in [0.5, 0.6) is 0 Å². The fourth-order valence-electron chi connectivity index (χ4n) is 5.98. The van der Waals surface area contributed by atoms with Crippen LogP contribution in [0.1, 0.15) is 50.2 Å². The molecule has 0 aromatic heterocycles. The number of benzene rings is 2. The molecule has 1 aliphatic heterocycles. The molecule has 3 nitrogen and oxygen atoms in total. The van der Waals surface area contributed by atoms with E-state index in [1.165, 1.54) is 33.9 Å². The lowest BCUT2D eigenvalue weighted by atomic mass is 9.67. The SMILES string of the molecule is CC(=O)N1CCC(C2CC3=C(CCc4c3ccc3ccccc43)C(N)C2)CC1. The predicted octanol–water partition coefficient (Wildman–Crippen LogP) is 4.54. The Morgan fingerprint density at radius 1 is 1.04 bits per heavy atom. The number of hydrogen-bond acceptors (Lipinski definition) is 2. The van der Waals surface area contributed by atoms with Crippen LogP contribution in [0.15, 0.2) is 42.0 Å². The molecule has 0 spiro atoms. The Morgan fingerprint density at radius 2 is 1.82 bits per heavy atom. The van der Waals surface area contributed by atoms with Crippen molar-refractivity contribution in [2.45, 2.75) is 51.5 Å². The van der Waals surface area contributed by atoms with Crippen molar-refractivity contribution in [3.05, 3.63) is 53.1 Å². The van der Waals surface area contributed by atoms with E-state index in [1.54, 1.807) is 12.5 Å². The largest absolute Gasteiger partial charge is 0.343 e. The van der Waals surface area contributed by atoms with E-state index in [1.807, 2.05) is 4.90 Å². The number of likely N-dealkylation sites (tertiary alicyclic amines) is 1. The highest BCUT2D eigenvalue weighted by atomic mass is 16.2. The Labute approximate surface area is 167 Å². The standard InChI is InChI=1S/C25H30N2O/c1-16(28)27-12-10-17(11-13-27)19-14-24-22-7-6-18-4-2-3-5-20(18)21(22)8-9-23(24)25(26)15-19/h2-7,17,19,25H,8-15,26H2,1H3. The molecule has 5 rings (SSSR count). The minimum absolute atomic E-state index is 0.208. The highest BCUT2D eigenvalue weighted by Crippen LogP contribution is 2.46. The number of piperidine rings is 1. The Morgan fingerprint density at radius 3 is 2.61 bits per heavy atom. The van der Waals surface area contributed by atoms with Crippen molar-refractivity contribution in [3.63, 3.8) is 0 Å². The fourth-order valence-corrected chi connectivity index (χ4v) is 5.98. The first-order chi connectivity index (χ1) is 13.6. The molecule has 2 aromatic carbocycles. The van der Waals surface area contributed by atoms with Crippen LogP contribution in [0.2, 0.25) is 0 Å². The Balaban J connectivity index is 1.45. The predicted molar refractivity (Wildman–Crippen MR) is 115 cm³/mol. The van der Waals surface area contributed by atoms with Gasteiger partial charge in [0, 0.05) is 26.1 Å². The van der Waals surface area contributed by atoms with Gasteiger partial charge in [-0.2, -0.15) is 0 Å². The van der Waals surface area contributed by atoms with Gasteiger partial charge in [0.05, 0.1) is 0 Å². The van der Waals surface area contributed by atoms with Crippen molar-refractivity contribution >= 4 is 22.3 Å². The van der Waals surface area contributed by atoms with Gasteiger partial charge in [-0.3, -0.25) is 4.79 Å². The smallest absolute Gasteiger partial charge is 0.219 e. The van der Waals surface area contributed by atoms with Gasteiger partial charge < -0.3 is 10.6 Å². The zero-order valence-electron chi connectivity index (χ0n) is 16.8. The summed E-state index contributed by atoms with van der Waals surface area (Å²) in [4.78, 5) is 13.7. The second-order valence-electron chi connectivity index (χ2n) is 8.97. The van der Waals surface area contributed by atoms with E-state index in [0.29, 0.717) is 11.8 Å². The number of fused-ring (bicyclic) bond motifs is 4. The molecule has 2 atom stereocenters. The van der Waals surface area contributed by atoms with Gasteiger partial charge in [-0.15, -0.1) is 0 Å². The minimum atomic E-state index is 0.208. The summed E-state index contributed by atoms with van der Waals surface area (Å²) >= 11 is 0.